The number of benzene rings is 1. The van der Waals surface area contributed by atoms with E-state index in [4.69, 9.17) is 15.9 Å². The molecule has 9 heteroatoms. The van der Waals surface area contributed by atoms with Gasteiger partial charge in [0.2, 0.25) is 11.8 Å². The summed E-state index contributed by atoms with van der Waals surface area (Å²) < 4.78 is 5.33. The highest BCUT2D eigenvalue weighted by Crippen LogP contribution is 2.21. The van der Waals surface area contributed by atoms with E-state index in [0.29, 0.717) is 31.5 Å². The maximum absolute atomic E-state index is 13.3. The number of carbonyl (C=O) groups is 3. The Kier molecular flexibility index (Phi) is 8.84. The minimum atomic E-state index is -0.757. The predicted octanol–water partition coefficient (Wildman–Crippen LogP) is 2.52. The van der Waals surface area contributed by atoms with E-state index in [0.717, 1.165) is 12.0 Å². The van der Waals surface area contributed by atoms with Crippen LogP contribution in [0.5, 0.6) is 0 Å². The highest BCUT2D eigenvalue weighted by molar-refractivity contribution is 5.95. The summed E-state index contributed by atoms with van der Waals surface area (Å²) in [5, 5.41) is 13.0. The van der Waals surface area contributed by atoms with Crippen LogP contribution in [0.3, 0.4) is 0 Å². The van der Waals surface area contributed by atoms with Crippen molar-refractivity contribution in [1.29, 1.82) is 5.41 Å². The van der Waals surface area contributed by atoms with Gasteiger partial charge in [0, 0.05) is 18.7 Å². The maximum atomic E-state index is 13.3. The Morgan fingerprint density at radius 3 is 2.39 bits per heavy atom. The molecule has 1 aliphatic rings. The van der Waals surface area contributed by atoms with Crippen molar-refractivity contribution in [3.8, 4) is 0 Å². The van der Waals surface area contributed by atoms with Crippen LogP contribution in [0.25, 0.3) is 0 Å². The van der Waals surface area contributed by atoms with Gasteiger partial charge in [-0.1, -0.05) is 38.1 Å². The molecule has 0 aromatic heterocycles. The number of amides is 3. The van der Waals surface area contributed by atoms with Crippen LogP contribution in [0.4, 0.5) is 4.79 Å². The molecule has 2 rings (SSSR count). The molecule has 1 aromatic rings. The van der Waals surface area contributed by atoms with Crippen molar-refractivity contribution in [3.05, 3.63) is 35.4 Å². The van der Waals surface area contributed by atoms with Crippen molar-refractivity contribution in [2.75, 3.05) is 6.54 Å². The summed E-state index contributed by atoms with van der Waals surface area (Å²) in [7, 11) is 0. The van der Waals surface area contributed by atoms with Gasteiger partial charge in [0.15, 0.2) is 0 Å². The van der Waals surface area contributed by atoms with E-state index in [2.05, 4.69) is 10.6 Å². The van der Waals surface area contributed by atoms with Crippen molar-refractivity contribution < 1.29 is 19.1 Å². The third kappa shape index (κ3) is 8.07. The summed E-state index contributed by atoms with van der Waals surface area (Å²) in [5.74, 6) is -0.335. The minimum absolute atomic E-state index is 0.0124. The zero-order valence-electron chi connectivity index (χ0n) is 20.2. The van der Waals surface area contributed by atoms with Gasteiger partial charge >= 0.3 is 6.09 Å². The first-order chi connectivity index (χ1) is 15.4. The third-order valence-electron chi connectivity index (χ3n) is 5.27. The van der Waals surface area contributed by atoms with E-state index < -0.39 is 23.8 Å². The van der Waals surface area contributed by atoms with Crippen LogP contribution >= 0.6 is 0 Å². The molecule has 1 fully saturated rings. The molecule has 0 saturated carbocycles. The van der Waals surface area contributed by atoms with Crippen LogP contribution in [0.15, 0.2) is 24.3 Å². The largest absolute Gasteiger partial charge is 0.444 e. The molecule has 0 radical (unpaired) electrons. The number of nitrogens with zero attached hydrogens (tertiary/aromatic N) is 1. The van der Waals surface area contributed by atoms with E-state index in [1.807, 2.05) is 13.8 Å². The van der Waals surface area contributed by atoms with E-state index in [1.54, 1.807) is 49.9 Å². The molecule has 1 unspecified atom stereocenters. The lowest BCUT2D eigenvalue weighted by Crippen LogP contribution is -2.54. The monoisotopic (exact) mass is 459 g/mol. The number of nitrogens with two attached hydrogens (primary N) is 1. The van der Waals surface area contributed by atoms with Gasteiger partial charge in [0.05, 0.1) is 0 Å². The molecule has 182 valence electrons. The van der Waals surface area contributed by atoms with Gasteiger partial charge < -0.3 is 26.0 Å². The predicted molar refractivity (Wildman–Crippen MR) is 127 cm³/mol. The molecule has 33 heavy (non-hydrogen) atoms. The lowest BCUT2D eigenvalue weighted by atomic mass is 10.0. The van der Waals surface area contributed by atoms with Crippen molar-refractivity contribution in [1.82, 2.24) is 15.5 Å². The maximum Gasteiger partial charge on any atom is 0.408 e. The van der Waals surface area contributed by atoms with Crippen LogP contribution in [-0.2, 0) is 20.9 Å². The lowest BCUT2D eigenvalue weighted by molar-refractivity contribution is -0.140. The molecular weight excluding hydrogens is 422 g/mol. The number of nitrogen functional groups attached to an aromatic ring is 1. The molecule has 1 heterocycles. The molecule has 2 atom stereocenters. The van der Waals surface area contributed by atoms with E-state index >= 15 is 0 Å². The first-order valence-electron chi connectivity index (χ1n) is 11.4. The van der Waals surface area contributed by atoms with Gasteiger partial charge in [-0.25, -0.2) is 4.79 Å². The summed E-state index contributed by atoms with van der Waals surface area (Å²) in [6.45, 7) is 10.0. The number of rotatable bonds is 8. The van der Waals surface area contributed by atoms with Gasteiger partial charge in [-0.3, -0.25) is 15.0 Å². The number of ether oxygens (including phenoxy) is 1. The Morgan fingerprint density at radius 2 is 1.85 bits per heavy atom. The van der Waals surface area contributed by atoms with Crippen molar-refractivity contribution in [2.24, 2.45) is 11.7 Å². The average molecular weight is 460 g/mol. The second-order valence-electron chi connectivity index (χ2n) is 9.85. The van der Waals surface area contributed by atoms with Crippen LogP contribution < -0.4 is 16.4 Å². The molecule has 1 aromatic carbocycles. The second-order valence-corrected chi connectivity index (χ2v) is 9.85. The summed E-state index contributed by atoms with van der Waals surface area (Å²) in [6, 6.07) is 5.73. The normalized spacial score (nSPS) is 16.9. The van der Waals surface area contributed by atoms with Crippen molar-refractivity contribution >= 4 is 23.7 Å². The SMILES string of the molecule is CC(C)CC(NC(=O)OC(C)(C)C)C(=O)N1CCC[C@H]1C(=O)NCc1ccc(C(=N)N)cc1. The summed E-state index contributed by atoms with van der Waals surface area (Å²) in [5.41, 5.74) is 6.28. The molecule has 0 spiro atoms. The highest BCUT2D eigenvalue weighted by atomic mass is 16.6. The number of amidine groups is 1. The quantitative estimate of drug-likeness (QED) is 0.350. The number of hydrogen-bond acceptors (Lipinski definition) is 5. The molecule has 1 aliphatic heterocycles. The van der Waals surface area contributed by atoms with Gasteiger partial charge in [-0.2, -0.15) is 0 Å². The smallest absolute Gasteiger partial charge is 0.408 e. The highest BCUT2D eigenvalue weighted by Gasteiger charge is 2.38. The Labute approximate surface area is 195 Å². The number of likely N-dealkylation sites (tertiary alicyclic amines) is 1. The van der Waals surface area contributed by atoms with Gasteiger partial charge in [0.25, 0.3) is 0 Å². The minimum Gasteiger partial charge on any atom is -0.444 e. The van der Waals surface area contributed by atoms with Crippen molar-refractivity contribution in [2.45, 2.75) is 78.1 Å². The van der Waals surface area contributed by atoms with Crippen LogP contribution in [0.2, 0.25) is 0 Å². The Morgan fingerprint density at radius 1 is 1.21 bits per heavy atom. The average Bonchev–Trinajstić information content (AvgIpc) is 3.19. The number of carbonyl (C=O) groups excluding carboxylic acids is 3. The lowest BCUT2D eigenvalue weighted by Gasteiger charge is -2.30. The summed E-state index contributed by atoms with van der Waals surface area (Å²) in [6.07, 6.45) is 1.10. The first-order valence-corrected chi connectivity index (χ1v) is 11.4. The first kappa shape index (κ1) is 26.2. The van der Waals surface area contributed by atoms with Crippen LogP contribution in [-0.4, -0.2) is 52.9 Å². The van der Waals surface area contributed by atoms with E-state index in [1.165, 1.54) is 0 Å². The molecular formula is C24H37N5O4. The fraction of sp³-hybridized carbons (Fsp3) is 0.583. The summed E-state index contributed by atoms with van der Waals surface area (Å²) in [4.78, 5) is 40.1. The number of alkyl carbamates (subject to hydrolysis) is 1. The van der Waals surface area contributed by atoms with Crippen LogP contribution in [0.1, 0.15) is 65.0 Å². The second kappa shape index (κ2) is 11.2. The van der Waals surface area contributed by atoms with Crippen molar-refractivity contribution in [3.63, 3.8) is 0 Å². The fourth-order valence-corrected chi connectivity index (χ4v) is 3.76. The Hall–Kier alpha value is -3.10. The Bertz CT molecular complexity index is 861. The van der Waals surface area contributed by atoms with Gasteiger partial charge in [0.1, 0.15) is 23.5 Å². The molecule has 0 aliphatic carbocycles. The van der Waals surface area contributed by atoms with Gasteiger partial charge in [-0.15, -0.1) is 0 Å². The Balaban J connectivity index is 2.03. The number of nitrogens with one attached hydrogen (secondary N) is 3. The molecule has 9 nitrogen and oxygen atoms in total. The van der Waals surface area contributed by atoms with Gasteiger partial charge in [-0.05, 0) is 51.5 Å². The van der Waals surface area contributed by atoms with Crippen LogP contribution in [0, 0.1) is 11.3 Å². The molecule has 5 N–H and O–H groups in total. The third-order valence-corrected chi connectivity index (χ3v) is 5.27. The van der Waals surface area contributed by atoms with E-state index in [-0.39, 0.29) is 23.6 Å². The fourth-order valence-electron chi connectivity index (χ4n) is 3.76. The molecule has 3 amide bonds. The molecule has 1 saturated heterocycles. The van der Waals surface area contributed by atoms with E-state index in [9.17, 15) is 14.4 Å². The molecule has 0 bridgehead atoms. The number of hydrogen-bond donors (Lipinski definition) is 4. The summed E-state index contributed by atoms with van der Waals surface area (Å²) >= 11 is 0. The zero-order chi connectivity index (χ0) is 24.8. The standard InChI is InChI=1S/C24H37N5O4/c1-15(2)13-18(28-23(32)33-24(3,4)5)22(31)29-12-6-7-19(29)21(30)27-14-16-8-10-17(11-9-16)20(25)26/h8-11,15,18-19H,6-7,12-14H2,1-5H3,(H3,25,26)(H,27,30)(H,28,32)/t18?,19-/m0/s1. The topological polar surface area (TPSA) is 138 Å². The zero-order valence-corrected chi connectivity index (χ0v) is 20.2.